The van der Waals surface area contributed by atoms with Gasteiger partial charge in [0, 0.05) is 19.6 Å². The van der Waals surface area contributed by atoms with Crippen LogP contribution in [0.3, 0.4) is 0 Å². The quantitative estimate of drug-likeness (QED) is 0.857. The molecule has 0 radical (unpaired) electrons. The predicted octanol–water partition coefficient (Wildman–Crippen LogP) is 2.02. The van der Waals surface area contributed by atoms with E-state index in [1.165, 1.54) is 5.69 Å². The zero-order valence-electron chi connectivity index (χ0n) is 9.60. The van der Waals surface area contributed by atoms with Crippen LogP contribution < -0.4 is 5.32 Å². The van der Waals surface area contributed by atoms with E-state index in [9.17, 15) is 0 Å². The first-order chi connectivity index (χ1) is 7.06. The average molecular weight is 228 g/mol. The van der Waals surface area contributed by atoms with Gasteiger partial charge in [0.25, 0.3) is 0 Å². The van der Waals surface area contributed by atoms with E-state index < -0.39 is 0 Å². The molecule has 0 amide bonds. The van der Waals surface area contributed by atoms with Crippen molar-refractivity contribution in [2.75, 3.05) is 13.1 Å². The van der Waals surface area contributed by atoms with Gasteiger partial charge in [-0.15, -0.1) is 0 Å². The Morgan fingerprint density at radius 3 is 2.67 bits per heavy atom. The maximum atomic E-state index is 6.28. The van der Waals surface area contributed by atoms with Gasteiger partial charge in [-0.3, -0.25) is 4.68 Å². The molecule has 0 spiro atoms. The molecule has 0 saturated carbocycles. The van der Waals surface area contributed by atoms with Crippen LogP contribution in [0.15, 0.2) is 0 Å². The maximum absolute atomic E-state index is 6.28. The van der Waals surface area contributed by atoms with Crippen molar-refractivity contribution in [2.45, 2.75) is 33.7 Å². The van der Waals surface area contributed by atoms with Crippen molar-refractivity contribution in [2.24, 2.45) is 5.41 Å². The first-order valence-corrected chi connectivity index (χ1v) is 5.86. The van der Waals surface area contributed by atoms with Gasteiger partial charge in [0.2, 0.25) is 0 Å². The molecule has 15 heavy (non-hydrogen) atoms. The highest BCUT2D eigenvalue weighted by Crippen LogP contribution is 2.31. The number of aromatic nitrogens is 2. The van der Waals surface area contributed by atoms with Crippen molar-refractivity contribution in [1.82, 2.24) is 15.1 Å². The van der Waals surface area contributed by atoms with Crippen LogP contribution in [0.1, 0.15) is 25.2 Å². The van der Waals surface area contributed by atoms with Crippen molar-refractivity contribution < 1.29 is 0 Å². The van der Waals surface area contributed by atoms with Crippen LogP contribution in [-0.4, -0.2) is 22.9 Å². The van der Waals surface area contributed by atoms with Gasteiger partial charge in [-0.25, -0.2) is 0 Å². The summed E-state index contributed by atoms with van der Waals surface area (Å²) in [6.07, 6.45) is 1.02. The third kappa shape index (κ3) is 1.91. The van der Waals surface area contributed by atoms with Crippen LogP contribution in [0.2, 0.25) is 5.02 Å². The largest absolute Gasteiger partial charge is 0.316 e. The molecule has 2 rings (SSSR count). The van der Waals surface area contributed by atoms with E-state index in [0.717, 1.165) is 36.8 Å². The van der Waals surface area contributed by atoms with Gasteiger partial charge in [-0.2, -0.15) is 5.10 Å². The summed E-state index contributed by atoms with van der Waals surface area (Å²) in [5, 5.41) is 8.60. The summed E-state index contributed by atoms with van der Waals surface area (Å²) in [5.41, 5.74) is 2.51. The number of rotatable bonds is 3. The van der Waals surface area contributed by atoms with Gasteiger partial charge in [0.05, 0.1) is 16.4 Å². The summed E-state index contributed by atoms with van der Waals surface area (Å²) in [6.45, 7) is 9.43. The van der Waals surface area contributed by atoms with Crippen LogP contribution in [0.5, 0.6) is 0 Å². The lowest BCUT2D eigenvalue weighted by molar-refractivity contribution is 0.191. The van der Waals surface area contributed by atoms with Crippen molar-refractivity contribution in [3.8, 4) is 0 Å². The lowest BCUT2D eigenvalue weighted by atomic mass is 9.80. The molecule has 0 aliphatic carbocycles. The molecule has 4 heteroatoms. The maximum Gasteiger partial charge on any atom is 0.0847 e. The Morgan fingerprint density at radius 1 is 1.53 bits per heavy atom. The summed E-state index contributed by atoms with van der Waals surface area (Å²) in [7, 11) is 0. The third-order valence-corrected chi connectivity index (χ3v) is 3.64. The SMILES string of the molecule is CCn1nc(C)c(Cl)c1CC1(C)CNC1. The normalized spacial score (nSPS) is 18.9. The number of hydrogen-bond acceptors (Lipinski definition) is 2. The van der Waals surface area contributed by atoms with Gasteiger partial charge < -0.3 is 5.32 Å². The lowest BCUT2D eigenvalue weighted by Gasteiger charge is -2.39. The third-order valence-electron chi connectivity index (χ3n) is 3.15. The topological polar surface area (TPSA) is 29.9 Å². The minimum Gasteiger partial charge on any atom is -0.316 e. The second-order valence-corrected chi connectivity index (χ2v) is 5.13. The lowest BCUT2D eigenvalue weighted by Crippen LogP contribution is -2.52. The van der Waals surface area contributed by atoms with E-state index in [1.807, 2.05) is 11.6 Å². The minimum absolute atomic E-state index is 0.364. The number of nitrogens with zero attached hydrogens (tertiary/aromatic N) is 2. The Labute approximate surface area is 95.8 Å². The Hall–Kier alpha value is -0.540. The first kappa shape index (κ1) is 11.0. The minimum atomic E-state index is 0.364. The molecule has 1 aliphatic heterocycles. The summed E-state index contributed by atoms with van der Waals surface area (Å²) < 4.78 is 2.03. The molecule has 0 atom stereocenters. The smallest absolute Gasteiger partial charge is 0.0847 e. The van der Waals surface area contributed by atoms with Gasteiger partial charge in [-0.1, -0.05) is 18.5 Å². The number of nitrogens with one attached hydrogen (secondary N) is 1. The second-order valence-electron chi connectivity index (χ2n) is 4.75. The van der Waals surface area contributed by atoms with Gasteiger partial charge >= 0.3 is 0 Å². The van der Waals surface area contributed by atoms with Crippen molar-refractivity contribution in [3.05, 3.63) is 16.4 Å². The van der Waals surface area contributed by atoms with E-state index in [-0.39, 0.29) is 0 Å². The molecule has 3 nitrogen and oxygen atoms in total. The predicted molar refractivity (Wildman–Crippen MR) is 62.3 cm³/mol. The Morgan fingerprint density at radius 2 is 2.20 bits per heavy atom. The van der Waals surface area contributed by atoms with E-state index in [0.29, 0.717) is 5.41 Å². The van der Waals surface area contributed by atoms with Crippen LogP contribution >= 0.6 is 11.6 Å². The van der Waals surface area contributed by atoms with E-state index >= 15 is 0 Å². The van der Waals surface area contributed by atoms with Crippen molar-refractivity contribution >= 4 is 11.6 Å². The summed E-state index contributed by atoms with van der Waals surface area (Å²) in [4.78, 5) is 0. The number of halogens is 1. The Kier molecular flexibility index (Phi) is 2.77. The average Bonchev–Trinajstić information content (AvgIpc) is 2.43. The van der Waals surface area contributed by atoms with Gasteiger partial charge in [0.15, 0.2) is 0 Å². The van der Waals surface area contributed by atoms with Crippen molar-refractivity contribution in [1.29, 1.82) is 0 Å². The fraction of sp³-hybridized carbons (Fsp3) is 0.727. The molecule has 1 fully saturated rings. The fourth-order valence-electron chi connectivity index (χ4n) is 2.12. The highest BCUT2D eigenvalue weighted by atomic mass is 35.5. The molecular formula is C11H18ClN3. The molecule has 0 aromatic carbocycles. The number of aryl methyl sites for hydroxylation is 2. The molecule has 1 aliphatic rings. The molecular weight excluding hydrogens is 210 g/mol. The Bertz CT molecular complexity index is 366. The van der Waals surface area contributed by atoms with E-state index in [4.69, 9.17) is 11.6 Å². The zero-order chi connectivity index (χ0) is 11.1. The van der Waals surface area contributed by atoms with Gasteiger partial charge in [0.1, 0.15) is 0 Å². The van der Waals surface area contributed by atoms with Crippen LogP contribution in [0, 0.1) is 12.3 Å². The van der Waals surface area contributed by atoms with Gasteiger partial charge in [-0.05, 0) is 25.7 Å². The van der Waals surface area contributed by atoms with E-state index in [2.05, 4.69) is 24.3 Å². The summed E-state index contributed by atoms with van der Waals surface area (Å²) in [5.74, 6) is 0. The zero-order valence-corrected chi connectivity index (χ0v) is 10.4. The van der Waals surface area contributed by atoms with Crippen molar-refractivity contribution in [3.63, 3.8) is 0 Å². The summed E-state index contributed by atoms with van der Waals surface area (Å²) >= 11 is 6.28. The van der Waals surface area contributed by atoms with Crippen LogP contribution in [-0.2, 0) is 13.0 Å². The highest BCUT2D eigenvalue weighted by Gasteiger charge is 2.33. The summed E-state index contributed by atoms with van der Waals surface area (Å²) in [6, 6.07) is 0. The van der Waals surface area contributed by atoms with Crippen LogP contribution in [0.4, 0.5) is 0 Å². The molecule has 0 bridgehead atoms. The fourth-order valence-corrected chi connectivity index (χ4v) is 2.32. The monoisotopic (exact) mass is 227 g/mol. The Balaban J connectivity index is 2.26. The molecule has 1 saturated heterocycles. The molecule has 84 valence electrons. The standard InChI is InChI=1S/C11H18ClN3/c1-4-15-9(10(12)8(2)14-15)5-11(3)6-13-7-11/h13H,4-7H2,1-3H3. The molecule has 1 aromatic heterocycles. The highest BCUT2D eigenvalue weighted by molar-refractivity contribution is 6.31. The molecule has 1 aromatic rings. The molecule has 0 unspecified atom stereocenters. The second kappa shape index (κ2) is 3.80. The molecule has 2 heterocycles. The molecule has 1 N–H and O–H groups in total. The van der Waals surface area contributed by atoms with E-state index in [1.54, 1.807) is 0 Å². The van der Waals surface area contributed by atoms with Crippen LogP contribution in [0.25, 0.3) is 0 Å². The number of hydrogen-bond donors (Lipinski definition) is 1. The first-order valence-electron chi connectivity index (χ1n) is 5.48.